The van der Waals surface area contributed by atoms with Crippen molar-refractivity contribution in [1.29, 1.82) is 0 Å². The summed E-state index contributed by atoms with van der Waals surface area (Å²) in [5.41, 5.74) is 3.70. The smallest absolute Gasteiger partial charge is 0.387 e. The van der Waals surface area contributed by atoms with Crippen LogP contribution in [0.1, 0.15) is 33.4 Å². The Kier molecular flexibility index (Phi) is 7.50. The highest BCUT2D eigenvalue weighted by atomic mass is 19.3. The van der Waals surface area contributed by atoms with Gasteiger partial charge in [-0.15, -0.1) is 0 Å². The Labute approximate surface area is 205 Å². The molecule has 2 heterocycles. The van der Waals surface area contributed by atoms with Crippen LogP contribution in [0.3, 0.4) is 0 Å². The van der Waals surface area contributed by atoms with Gasteiger partial charge in [-0.25, -0.2) is 9.97 Å². The normalized spacial score (nSPS) is 11.8. The predicted molar refractivity (Wildman–Crippen MR) is 127 cm³/mol. The maximum Gasteiger partial charge on any atom is 0.387 e. The summed E-state index contributed by atoms with van der Waals surface area (Å²) < 4.78 is 34.0. The van der Waals surface area contributed by atoms with E-state index in [4.69, 9.17) is 4.52 Å². The van der Waals surface area contributed by atoms with Crippen LogP contribution in [-0.4, -0.2) is 39.4 Å². The molecule has 1 unspecified atom stereocenters. The fraction of sp³-hybridized carbons (Fsp3) is 0.200. The first-order chi connectivity index (χ1) is 17.3. The minimum absolute atomic E-state index is 0.0723. The van der Waals surface area contributed by atoms with E-state index < -0.39 is 12.7 Å². The van der Waals surface area contributed by atoms with E-state index in [0.29, 0.717) is 39.8 Å². The number of aromatic nitrogens is 3. The number of rotatable bonds is 9. The average molecular weight is 495 g/mol. The summed E-state index contributed by atoms with van der Waals surface area (Å²) >= 11 is 0. The summed E-state index contributed by atoms with van der Waals surface area (Å²) in [5, 5.41) is 19.5. The van der Waals surface area contributed by atoms with Gasteiger partial charge in [0.2, 0.25) is 5.95 Å². The Morgan fingerprint density at radius 3 is 2.25 bits per heavy atom. The molecule has 186 valence electrons. The molecular weight excluding hydrogens is 472 g/mol. The largest absolute Gasteiger partial charge is 0.435 e. The maximum atomic E-state index is 12.6. The van der Waals surface area contributed by atoms with Gasteiger partial charge in [0.05, 0.1) is 18.3 Å². The van der Waals surface area contributed by atoms with Gasteiger partial charge in [0.25, 0.3) is 5.91 Å². The van der Waals surface area contributed by atoms with Crippen LogP contribution in [0.4, 0.5) is 20.4 Å². The summed E-state index contributed by atoms with van der Waals surface area (Å²) in [4.78, 5) is 21.2. The van der Waals surface area contributed by atoms with E-state index in [9.17, 15) is 18.7 Å². The topological polar surface area (TPSA) is 122 Å². The number of nitrogens with zero attached hydrogens (tertiary/aromatic N) is 3. The maximum absolute atomic E-state index is 12.6. The molecule has 9 nitrogen and oxygen atoms in total. The number of hydrogen-bond donors (Lipinski definition) is 3. The zero-order valence-electron chi connectivity index (χ0n) is 19.4. The van der Waals surface area contributed by atoms with Crippen LogP contribution < -0.4 is 15.4 Å². The molecular formula is C25H23F2N5O4. The third-order valence-corrected chi connectivity index (χ3v) is 5.38. The van der Waals surface area contributed by atoms with Crippen molar-refractivity contribution >= 4 is 17.5 Å². The second-order valence-corrected chi connectivity index (χ2v) is 7.85. The minimum atomic E-state index is -2.87. The fourth-order valence-electron chi connectivity index (χ4n) is 3.57. The lowest BCUT2D eigenvalue weighted by atomic mass is 10.1. The number of carbonyl (C=O) groups is 1. The Morgan fingerprint density at radius 2 is 1.69 bits per heavy atom. The third-order valence-electron chi connectivity index (χ3n) is 5.38. The molecule has 0 saturated heterocycles. The van der Waals surface area contributed by atoms with Gasteiger partial charge in [-0.3, -0.25) is 4.79 Å². The number of aryl methyl sites for hydroxylation is 2. The molecule has 0 saturated carbocycles. The molecule has 3 N–H and O–H groups in total. The number of halogens is 2. The summed E-state index contributed by atoms with van der Waals surface area (Å²) in [6.07, 6.45) is 3.22. The van der Waals surface area contributed by atoms with E-state index in [-0.39, 0.29) is 18.3 Å². The van der Waals surface area contributed by atoms with Gasteiger partial charge in [0, 0.05) is 23.6 Å². The van der Waals surface area contributed by atoms with Crippen molar-refractivity contribution in [3.8, 4) is 16.9 Å². The fourth-order valence-corrected chi connectivity index (χ4v) is 3.57. The quantitative estimate of drug-likeness (QED) is 0.309. The van der Waals surface area contributed by atoms with Gasteiger partial charge in [-0.1, -0.05) is 29.4 Å². The van der Waals surface area contributed by atoms with Crippen LogP contribution in [0.5, 0.6) is 5.75 Å². The number of anilines is 2. The Morgan fingerprint density at radius 1 is 1.03 bits per heavy atom. The molecule has 0 spiro atoms. The molecule has 11 heteroatoms. The van der Waals surface area contributed by atoms with E-state index in [2.05, 4.69) is 30.5 Å². The molecule has 1 amide bonds. The second kappa shape index (κ2) is 10.9. The molecule has 2 aromatic carbocycles. The van der Waals surface area contributed by atoms with Crippen molar-refractivity contribution in [1.82, 2.24) is 20.4 Å². The highest BCUT2D eigenvalue weighted by molar-refractivity contribution is 5.96. The number of carbonyl (C=O) groups excluding carboxylic acids is 1. The summed E-state index contributed by atoms with van der Waals surface area (Å²) in [6, 6.07) is 12.7. The van der Waals surface area contributed by atoms with Crippen molar-refractivity contribution in [2.24, 2.45) is 0 Å². The van der Waals surface area contributed by atoms with E-state index in [1.165, 1.54) is 12.1 Å². The Balaban J connectivity index is 1.39. The lowest BCUT2D eigenvalue weighted by Crippen LogP contribution is -2.31. The molecule has 4 rings (SSSR count). The Hall–Kier alpha value is -4.38. The van der Waals surface area contributed by atoms with Crippen molar-refractivity contribution in [2.45, 2.75) is 26.5 Å². The zero-order chi connectivity index (χ0) is 25.7. The van der Waals surface area contributed by atoms with Gasteiger partial charge >= 0.3 is 6.61 Å². The zero-order valence-corrected chi connectivity index (χ0v) is 19.4. The van der Waals surface area contributed by atoms with Gasteiger partial charge < -0.3 is 25.0 Å². The minimum Gasteiger partial charge on any atom is -0.435 e. The first-order valence-electron chi connectivity index (χ1n) is 10.9. The van der Waals surface area contributed by atoms with E-state index >= 15 is 0 Å². The number of benzene rings is 2. The van der Waals surface area contributed by atoms with Crippen LogP contribution >= 0.6 is 0 Å². The van der Waals surface area contributed by atoms with Crippen molar-refractivity contribution in [3.05, 3.63) is 83.5 Å². The van der Waals surface area contributed by atoms with Gasteiger partial charge in [-0.05, 0) is 49.2 Å². The lowest BCUT2D eigenvalue weighted by Gasteiger charge is -2.17. The van der Waals surface area contributed by atoms with Crippen LogP contribution in [0.2, 0.25) is 0 Å². The molecule has 36 heavy (non-hydrogen) atoms. The van der Waals surface area contributed by atoms with Gasteiger partial charge in [0.15, 0.2) is 0 Å². The molecule has 2 aromatic heterocycles. The number of nitrogens with one attached hydrogen (secondary N) is 2. The number of aliphatic hydroxyl groups excluding tert-OH is 1. The molecule has 0 aliphatic heterocycles. The van der Waals surface area contributed by atoms with Gasteiger partial charge in [0.1, 0.15) is 17.1 Å². The van der Waals surface area contributed by atoms with Crippen LogP contribution in [0.15, 0.2) is 65.4 Å². The number of alkyl halides is 2. The van der Waals surface area contributed by atoms with Crippen LogP contribution in [-0.2, 0) is 0 Å². The van der Waals surface area contributed by atoms with E-state index in [0.717, 1.165) is 5.56 Å². The number of aliphatic hydroxyl groups is 1. The summed E-state index contributed by atoms with van der Waals surface area (Å²) in [5.74, 6) is 0.458. The average Bonchev–Trinajstić information content (AvgIpc) is 3.21. The van der Waals surface area contributed by atoms with E-state index in [1.807, 2.05) is 0 Å². The first kappa shape index (κ1) is 24.7. The van der Waals surface area contributed by atoms with Gasteiger partial charge in [-0.2, -0.15) is 8.78 Å². The molecule has 0 aliphatic carbocycles. The molecule has 0 bridgehead atoms. The van der Waals surface area contributed by atoms with E-state index in [1.54, 1.807) is 62.6 Å². The number of ether oxygens (including phenoxy) is 1. The lowest BCUT2D eigenvalue weighted by molar-refractivity contribution is -0.0498. The molecule has 4 aromatic rings. The Bertz CT molecular complexity index is 1290. The highest BCUT2D eigenvalue weighted by Gasteiger charge is 2.21. The molecule has 1 atom stereocenters. The second-order valence-electron chi connectivity index (χ2n) is 7.85. The van der Waals surface area contributed by atoms with Crippen LogP contribution in [0, 0.1) is 13.8 Å². The molecule has 0 radical (unpaired) electrons. The monoisotopic (exact) mass is 495 g/mol. The molecule has 0 fully saturated rings. The summed E-state index contributed by atoms with van der Waals surface area (Å²) in [7, 11) is 0. The standard InChI is InChI=1S/C25H23F2N5O4/c1-14-22(15(2)36-32-14)23(34)31-21(13-33)17-3-7-19(8-4-17)30-25-28-11-18(12-29-25)16-5-9-20(10-6-16)35-24(26)27/h3-12,21,24,33H,13H2,1-2H3,(H,31,34)(H,28,29,30). The highest BCUT2D eigenvalue weighted by Crippen LogP contribution is 2.24. The summed E-state index contributed by atoms with van der Waals surface area (Å²) in [6.45, 7) is 0.164. The first-order valence-corrected chi connectivity index (χ1v) is 10.9. The number of hydrogen-bond acceptors (Lipinski definition) is 8. The van der Waals surface area contributed by atoms with Crippen molar-refractivity contribution < 1.29 is 27.9 Å². The molecule has 0 aliphatic rings. The third kappa shape index (κ3) is 5.81. The van der Waals surface area contributed by atoms with Crippen molar-refractivity contribution in [2.75, 3.05) is 11.9 Å². The SMILES string of the molecule is Cc1noc(C)c1C(=O)NC(CO)c1ccc(Nc2ncc(-c3ccc(OC(F)F)cc3)cn2)cc1. The van der Waals surface area contributed by atoms with Crippen molar-refractivity contribution in [3.63, 3.8) is 0 Å². The predicted octanol–water partition coefficient (Wildman–Crippen LogP) is 4.56. The van der Waals surface area contributed by atoms with Crippen LogP contribution in [0.25, 0.3) is 11.1 Å². The number of amides is 1.